The highest BCUT2D eigenvalue weighted by molar-refractivity contribution is 14.1. The zero-order valence-electron chi connectivity index (χ0n) is 11.3. The molecular formula is C15H14ClIN2O2. The highest BCUT2D eigenvalue weighted by Crippen LogP contribution is 2.32. The number of nitrogens with one attached hydrogen (secondary N) is 1. The van der Waals surface area contributed by atoms with Gasteiger partial charge in [0.1, 0.15) is 0 Å². The molecule has 4 nitrogen and oxygen atoms in total. The molecule has 0 bridgehead atoms. The number of aromatic hydroxyl groups is 1. The summed E-state index contributed by atoms with van der Waals surface area (Å²) in [5.74, 6) is 0.609. The van der Waals surface area contributed by atoms with Crippen LogP contribution in [0.5, 0.6) is 11.5 Å². The maximum atomic E-state index is 9.88. The van der Waals surface area contributed by atoms with Gasteiger partial charge < -0.3 is 9.84 Å². The number of benzene rings is 2. The number of hydrazone groups is 1. The molecule has 21 heavy (non-hydrogen) atoms. The molecule has 0 aliphatic carbocycles. The molecule has 0 amide bonds. The molecule has 2 N–H and O–H groups in total. The molecule has 0 heterocycles. The minimum Gasteiger partial charge on any atom is -0.504 e. The fraction of sp³-hybridized carbons (Fsp3) is 0.133. The van der Waals surface area contributed by atoms with Gasteiger partial charge in [0.15, 0.2) is 11.5 Å². The van der Waals surface area contributed by atoms with Gasteiger partial charge in [-0.1, -0.05) is 11.6 Å². The molecule has 0 radical (unpaired) electrons. The van der Waals surface area contributed by atoms with Crippen LogP contribution in [0.25, 0.3) is 0 Å². The van der Waals surface area contributed by atoms with E-state index in [0.29, 0.717) is 20.9 Å². The van der Waals surface area contributed by atoms with Crippen LogP contribution < -0.4 is 10.2 Å². The first-order valence-corrected chi connectivity index (χ1v) is 7.75. The lowest BCUT2D eigenvalue weighted by atomic mass is 10.2. The number of phenols is 1. The Morgan fingerprint density at radius 3 is 2.71 bits per heavy atom. The van der Waals surface area contributed by atoms with Crippen molar-refractivity contribution in [2.45, 2.75) is 6.92 Å². The number of hydrogen-bond donors (Lipinski definition) is 2. The van der Waals surface area contributed by atoms with Crippen molar-refractivity contribution >= 4 is 46.1 Å². The summed E-state index contributed by atoms with van der Waals surface area (Å²) in [6.45, 7) is 2.36. The smallest absolute Gasteiger partial charge is 0.171 e. The molecule has 0 aliphatic heterocycles. The third-order valence-corrected chi connectivity index (χ3v) is 3.68. The van der Waals surface area contributed by atoms with Gasteiger partial charge in [0.2, 0.25) is 0 Å². The average molecular weight is 417 g/mol. The predicted octanol–water partition coefficient (Wildman–Crippen LogP) is 4.49. The van der Waals surface area contributed by atoms with E-state index < -0.39 is 0 Å². The number of phenolic OH excluding ortho intramolecular Hbond substituents is 1. The minimum atomic E-state index is 0.153. The minimum absolute atomic E-state index is 0.153. The fourth-order valence-corrected chi connectivity index (χ4v) is 2.39. The number of ether oxygens (including phenoxy) is 1. The monoisotopic (exact) mass is 416 g/mol. The van der Waals surface area contributed by atoms with E-state index in [9.17, 15) is 5.11 Å². The summed E-state index contributed by atoms with van der Waals surface area (Å²) in [5, 5.41) is 14.7. The van der Waals surface area contributed by atoms with Crippen molar-refractivity contribution in [2.75, 3.05) is 12.0 Å². The van der Waals surface area contributed by atoms with Crippen LogP contribution in [0.1, 0.15) is 12.5 Å². The zero-order chi connectivity index (χ0) is 15.2. The molecule has 0 saturated carbocycles. The van der Waals surface area contributed by atoms with Crippen molar-refractivity contribution < 1.29 is 9.84 Å². The summed E-state index contributed by atoms with van der Waals surface area (Å²) in [6.07, 6.45) is 1.67. The molecule has 0 fully saturated rings. The Kier molecular flexibility index (Phi) is 5.69. The molecule has 6 heteroatoms. The summed E-state index contributed by atoms with van der Waals surface area (Å²) in [7, 11) is 0. The Morgan fingerprint density at radius 1 is 1.33 bits per heavy atom. The second-order valence-electron chi connectivity index (χ2n) is 4.16. The van der Waals surface area contributed by atoms with Crippen molar-refractivity contribution in [1.29, 1.82) is 0 Å². The Labute approximate surface area is 141 Å². The normalized spacial score (nSPS) is 10.8. The third-order valence-electron chi connectivity index (χ3n) is 2.60. The molecule has 2 aromatic carbocycles. The van der Waals surface area contributed by atoms with E-state index in [1.54, 1.807) is 24.4 Å². The number of rotatable bonds is 5. The van der Waals surface area contributed by atoms with E-state index in [-0.39, 0.29) is 5.75 Å². The summed E-state index contributed by atoms with van der Waals surface area (Å²) >= 11 is 7.87. The van der Waals surface area contributed by atoms with Gasteiger partial charge in [0, 0.05) is 5.02 Å². The van der Waals surface area contributed by atoms with Gasteiger partial charge in [-0.3, -0.25) is 5.43 Å². The SMILES string of the molecule is CCOc1cc(/C=N/Nc2ccc(Cl)cc2)cc(I)c1O. The van der Waals surface area contributed by atoms with E-state index in [1.807, 2.05) is 25.1 Å². The van der Waals surface area contributed by atoms with Crippen molar-refractivity contribution in [3.8, 4) is 11.5 Å². The molecular weight excluding hydrogens is 403 g/mol. The molecule has 0 unspecified atom stereocenters. The number of anilines is 1. The summed E-state index contributed by atoms with van der Waals surface area (Å²) in [5.41, 5.74) is 4.59. The molecule has 0 saturated heterocycles. The first-order valence-electron chi connectivity index (χ1n) is 6.30. The quantitative estimate of drug-likeness (QED) is 0.429. The molecule has 0 atom stereocenters. The Balaban J connectivity index is 2.11. The van der Waals surface area contributed by atoms with Gasteiger partial charge in [-0.25, -0.2) is 0 Å². The number of halogens is 2. The maximum Gasteiger partial charge on any atom is 0.171 e. The van der Waals surface area contributed by atoms with Gasteiger partial charge in [0.25, 0.3) is 0 Å². The third kappa shape index (κ3) is 4.50. The van der Waals surface area contributed by atoms with Gasteiger partial charge in [-0.05, 0) is 71.5 Å². The second kappa shape index (κ2) is 7.51. The first kappa shape index (κ1) is 15.9. The molecule has 0 aromatic heterocycles. The summed E-state index contributed by atoms with van der Waals surface area (Å²) in [6, 6.07) is 10.8. The lowest BCUT2D eigenvalue weighted by Crippen LogP contribution is -1.96. The predicted molar refractivity (Wildman–Crippen MR) is 94.7 cm³/mol. The molecule has 2 rings (SSSR count). The topological polar surface area (TPSA) is 53.8 Å². The van der Waals surface area contributed by atoms with Gasteiger partial charge in [0.05, 0.1) is 22.1 Å². The molecule has 2 aromatic rings. The fourth-order valence-electron chi connectivity index (χ4n) is 1.64. The lowest BCUT2D eigenvalue weighted by Gasteiger charge is -2.08. The van der Waals surface area contributed by atoms with Crippen LogP contribution in [0.3, 0.4) is 0 Å². The van der Waals surface area contributed by atoms with E-state index in [1.165, 1.54) is 0 Å². The summed E-state index contributed by atoms with van der Waals surface area (Å²) in [4.78, 5) is 0. The maximum absolute atomic E-state index is 9.88. The van der Waals surface area contributed by atoms with Gasteiger partial charge >= 0.3 is 0 Å². The van der Waals surface area contributed by atoms with Crippen molar-refractivity contribution in [2.24, 2.45) is 5.10 Å². The highest BCUT2D eigenvalue weighted by atomic mass is 127. The first-order chi connectivity index (χ1) is 10.1. The molecule has 0 aliphatic rings. The highest BCUT2D eigenvalue weighted by Gasteiger charge is 2.08. The van der Waals surface area contributed by atoms with Crippen LogP contribution in [0.2, 0.25) is 5.02 Å². The molecule has 0 spiro atoms. The summed E-state index contributed by atoms with van der Waals surface area (Å²) < 4.78 is 6.10. The van der Waals surface area contributed by atoms with Crippen molar-refractivity contribution in [3.05, 3.63) is 50.6 Å². The van der Waals surface area contributed by atoms with Gasteiger partial charge in [-0.2, -0.15) is 5.10 Å². The van der Waals surface area contributed by atoms with Crippen LogP contribution in [-0.4, -0.2) is 17.9 Å². The Morgan fingerprint density at radius 2 is 2.05 bits per heavy atom. The van der Waals surface area contributed by atoms with Gasteiger partial charge in [-0.15, -0.1) is 0 Å². The Hall–Kier alpha value is -1.47. The van der Waals surface area contributed by atoms with Crippen LogP contribution in [-0.2, 0) is 0 Å². The largest absolute Gasteiger partial charge is 0.504 e. The van der Waals surface area contributed by atoms with Crippen LogP contribution >= 0.6 is 34.2 Å². The van der Waals surface area contributed by atoms with Crippen LogP contribution in [0, 0.1) is 3.57 Å². The zero-order valence-corrected chi connectivity index (χ0v) is 14.2. The standard InChI is InChI=1S/C15H14ClIN2O2/c1-2-21-14-8-10(7-13(17)15(14)20)9-18-19-12-5-3-11(16)4-6-12/h3-9,19-20H,2H2,1H3/b18-9+. The molecule has 110 valence electrons. The van der Waals surface area contributed by atoms with E-state index in [2.05, 4.69) is 33.1 Å². The van der Waals surface area contributed by atoms with Crippen LogP contribution in [0.15, 0.2) is 41.5 Å². The van der Waals surface area contributed by atoms with E-state index >= 15 is 0 Å². The number of hydrogen-bond acceptors (Lipinski definition) is 4. The van der Waals surface area contributed by atoms with Crippen molar-refractivity contribution in [1.82, 2.24) is 0 Å². The number of nitrogens with zero attached hydrogens (tertiary/aromatic N) is 1. The van der Waals surface area contributed by atoms with E-state index in [4.69, 9.17) is 16.3 Å². The second-order valence-corrected chi connectivity index (χ2v) is 5.76. The van der Waals surface area contributed by atoms with Crippen LogP contribution in [0.4, 0.5) is 5.69 Å². The van der Waals surface area contributed by atoms with Crippen molar-refractivity contribution in [3.63, 3.8) is 0 Å². The van der Waals surface area contributed by atoms with E-state index in [0.717, 1.165) is 11.3 Å². The Bertz CT molecular complexity index is 645. The average Bonchev–Trinajstić information content (AvgIpc) is 2.46. The lowest BCUT2D eigenvalue weighted by molar-refractivity contribution is 0.317.